The number of hydrogen-bond acceptors (Lipinski definition) is 5. The Balaban J connectivity index is 1.87. The van der Waals surface area contributed by atoms with Gasteiger partial charge in [0.15, 0.2) is 0 Å². The van der Waals surface area contributed by atoms with E-state index in [2.05, 4.69) is 24.1 Å². The summed E-state index contributed by atoms with van der Waals surface area (Å²) in [6, 6.07) is 5.00. The minimum Gasteiger partial charge on any atom is -0.496 e. The molecular formula is C21H29N3O4. The lowest BCUT2D eigenvalue weighted by Gasteiger charge is -2.22. The van der Waals surface area contributed by atoms with Crippen molar-refractivity contribution in [3.63, 3.8) is 0 Å². The molecule has 0 saturated heterocycles. The Kier molecular flexibility index (Phi) is 6.57. The fraction of sp³-hybridized carbons (Fsp3) is 0.524. The molecule has 2 aromatic rings. The highest BCUT2D eigenvalue weighted by atomic mass is 16.5. The maximum Gasteiger partial charge on any atom is 0.257 e. The van der Waals surface area contributed by atoms with Crippen LogP contribution in [0.15, 0.2) is 33.7 Å². The average molecular weight is 387 g/mol. The van der Waals surface area contributed by atoms with E-state index in [0.717, 1.165) is 31.7 Å². The van der Waals surface area contributed by atoms with Gasteiger partial charge in [-0.25, -0.2) is 0 Å². The molecule has 0 spiro atoms. The van der Waals surface area contributed by atoms with Crippen molar-refractivity contribution in [2.75, 3.05) is 26.7 Å². The molecule has 0 radical (unpaired) electrons. The number of nitrogens with zero attached hydrogens (tertiary/aromatic N) is 2. The van der Waals surface area contributed by atoms with E-state index in [0.29, 0.717) is 36.0 Å². The van der Waals surface area contributed by atoms with Gasteiger partial charge in [0, 0.05) is 44.4 Å². The Morgan fingerprint density at radius 1 is 1.36 bits per heavy atom. The van der Waals surface area contributed by atoms with Crippen LogP contribution in [0.25, 0.3) is 0 Å². The van der Waals surface area contributed by atoms with E-state index in [1.807, 2.05) is 0 Å². The van der Waals surface area contributed by atoms with Crippen LogP contribution in [-0.2, 0) is 19.5 Å². The third kappa shape index (κ3) is 4.47. The third-order valence-corrected chi connectivity index (χ3v) is 5.40. The van der Waals surface area contributed by atoms with E-state index < -0.39 is 0 Å². The first-order valence-electron chi connectivity index (χ1n) is 9.87. The fourth-order valence-corrected chi connectivity index (χ4v) is 3.62. The van der Waals surface area contributed by atoms with E-state index >= 15 is 0 Å². The van der Waals surface area contributed by atoms with E-state index in [9.17, 15) is 9.59 Å². The molecule has 152 valence electrons. The van der Waals surface area contributed by atoms with Crippen molar-refractivity contribution in [2.45, 2.75) is 39.8 Å². The second-order valence-corrected chi connectivity index (χ2v) is 7.35. The van der Waals surface area contributed by atoms with Gasteiger partial charge in [0.2, 0.25) is 0 Å². The van der Waals surface area contributed by atoms with Crippen LogP contribution >= 0.6 is 0 Å². The van der Waals surface area contributed by atoms with Gasteiger partial charge < -0.3 is 23.9 Å². The van der Waals surface area contributed by atoms with Crippen molar-refractivity contribution in [3.05, 3.63) is 51.8 Å². The third-order valence-electron chi connectivity index (χ3n) is 5.40. The van der Waals surface area contributed by atoms with Crippen LogP contribution in [0.2, 0.25) is 0 Å². The Hall–Kier alpha value is -2.54. The van der Waals surface area contributed by atoms with Crippen LogP contribution in [0, 0.1) is 5.92 Å². The van der Waals surface area contributed by atoms with Gasteiger partial charge in [0.1, 0.15) is 17.1 Å². The van der Waals surface area contributed by atoms with E-state index in [4.69, 9.17) is 9.15 Å². The quantitative estimate of drug-likeness (QED) is 0.789. The number of furan rings is 1. The number of ether oxygens (including phenoxy) is 1. The van der Waals surface area contributed by atoms with E-state index in [1.54, 1.807) is 23.0 Å². The van der Waals surface area contributed by atoms with E-state index in [1.165, 1.54) is 13.2 Å². The lowest BCUT2D eigenvalue weighted by atomic mass is 10.1. The second kappa shape index (κ2) is 9.10. The molecule has 1 N–H and O–H groups in total. The lowest BCUT2D eigenvalue weighted by molar-refractivity contribution is 0.0942. The highest BCUT2D eigenvalue weighted by Crippen LogP contribution is 2.23. The first-order chi connectivity index (χ1) is 13.5. The van der Waals surface area contributed by atoms with Crippen LogP contribution < -0.4 is 15.6 Å². The van der Waals surface area contributed by atoms with Crippen molar-refractivity contribution >= 4 is 5.91 Å². The number of aromatic nitrogens is 1. The highest BCUT2D eigenvalue weighted by Gasteiger charge is 2.25. The van der Waals surface area contributed by atoms with Gasteiger partial charge in [-0.15, -0.1) is 0 Å². The monoisotopic (exact) mass is 387 g/mol. The summed E-state index contributed by atoms with van der Waals surface area (Å²) in [5, 5.41) is 2.88. The van der Waals surface area contributed by atoms with Gasteiger partial charge in [-0.1, -0.05) is 20.3 Å². The zero-order valence-electron chi connectivity index (χ0n) is 16.9. The molecule has 1 amide bonds. The molecule has 1 aliphatic heterocycles. The predicted octanol–water partition coefficient (Wildman–Crippen LogP) is 2.28. The molecule has 0 bridgehead atoms. The van der Waals surface area contributed by atoms with Crippen LogP contribution in [0.3, 0.4) is 0 Å². The molecule has 1 atom stereocenters. The Bertz CT molecular complexity index is 857. The van der Waals surface area contributed by atoms with Crippen molar-refractivity contribution in [1.82, 2.24) is 14.8 Å². The summed E-state index contributed by atoms with van der Waals surface area (Å²) >= 11 is 0. The maximum atomic E-state index is 13.0. The number of methoxy groups -OCH3 is 1. The number of nitrogens with one attached hydrogen (secondary N) is 1. The number of hydrogen-bond donors (Lipinski definition) is 1. The normalized spacial score (nSPS) is 15.5. The van der Waals surface area contributed by atoms with Crippen molar-refractivity contribution in [1.29, 1.82) is 0 Å². The number of carbonyl (C=O) groups is 1. The van der Waals surface area contributed by atoms with Gasteiger partial charge in [-0.3, -0.25) is 9.59 Å². The number of pyridine rings is 1. The number of carbonyl (C=O) groups excluding carboxylic acids is 1. The molecule has 0 aromatic carbocycles. The summed E-state index contributed by atoms with van der Waals surface area (Å²) < 4.78 is 12.4. The molecule has 3 heterocycles. The highest BCUT2D eigenvalue weighted by molar-refractivity contribution is 5.98. The number of amides is 1. The molecule has 2 aromatic heterocycles. The molecule has 1 unspecified atom stereocenters. The SMILES string of the molecule is CCC(C)CN1CCc2c(C(=O)NCc3ccco3)c(OC)cc(=O)n2CC1. The molecular weight excluding hydrogens is 358 g/mol. The topological polar surface area (TPSA) is 76.7 Å². The van der Waals surface area contributed by atoms with Gasteiger partial charge in [-0.2, -0.15) is 0 Å². The molecule has 7 heteroatoms. The van der Waals surface area contributed by atoms with Crippen molar-refractivity contribution in [2.24, 2.45) is 5.92 Å². The van der Waals surface area contributed by atoms with Crippen LogP contribution in [0.5, 0.6) is 5.75 Å². The van der Waals surface area contributed by atoms with Crippen LogP contribution in [-0.4, -0.2) is 42.1 Å². The lowest BCUT2D eigenvalue weighted by Crippen LogP contribution is -2.32. The predicted molar refractivity (Wildman–Crippen MR) is 107 cm³/mol. The van der Waals surface area contributed by atoms with Crippen molar-refractivity contribution < 1.29 is 13.9 Å². The summed E-state index contributed by atoms with van der Waals surface area (Å²) in [6.07, 6.45) is 3.33. The summed E-state index contributed by atoms with van der Waals surface area (Å²) in [4.78, 5) is 28.0. The van der Waals surface area contributed by atoms with Gasteiger partial charge >= 0.3 is 0 Å². The molecule has 28 heavy (non-hydrogen) atoms. The Morgan fingerprint density at radius 2 is 2.18 bits per heavy atom. The molecule has 0 saturated carbocycles. The molecule has 3 rings (SSSR count). The first kappa shape index (κ1) is 20.2. The van der Waals surface area contributed by atoms with Crippen LogP contribution in [0.1, 0.15) is 42.1 Å². The van der Waals surface area contributed by atoms with Crippen molar-refractivity contribution in [3.8, 4) is 5.75 Å². The van der Waals surface area contributed by atoms with E-state index in [-0.39, 0.29) is 18.0 Å². The Labute approximate surface area is 165 Å². The van der Waals surface area contributed by atoms with Gasteiger partial charge in [0.05, 0.1) is 19.9 Å². The zero-order chi connectivity index (χ0) is 20.1. The fourth-order valence-electron chi connectivity index (χ4n) is 3.62. The average Bonchev–Trinajstić information content (AvgIpc) is 3.13. The summed E-state index contributed by atoms with van der Waals surface area (Å²) in [6.45, 7) is 7.90. The molecule has 0 fully saturated rings. The largest absolute Gasteiger partial charge is 0.496 e. The minimum absolute atomic E-state index is 0.125. The number of rotatable bonds is 7. The molecule has 1 aliphatic rings. The first-order valence-corrected chi connectivity index (χ1v) is 9.87. The molecule has 0 aliphatic carbocycles. The summed E-state index contributed by atoms with van der Waals surface area (Å²) in [5.74, 6) is 1.34. The second-order valence-electron chi connectivity index (χ2n) is 7.35. The Morgan fingerprint density at radius 3 is 2.86 bits per heavy atom. The molecule has 7 nitrogen and oxygen atoms in total. The van der Waals surface area contributed by atoms with Crippen LogP contribution in [0.4, 0.5) is 0 Å². The van der Waals surface area contributed by atoms with Gasteiger partial charge in [-0.05, 0) is 18.1 Å². The summed E-state index contributed by atoms with van der Waals surface area (Å²) in [5.41, 5.74) is 1.06. The van der Waals surface area contributed by atoms with Gasteiger partial charge in [0.25, 0.3) is 11.5 Å². The number of fused-ring (bicyclic) bond motifs is 1. The maximum absolute atomic E-state index is 13.0. The smallest absolute Gasteiger partial charge is 0.257 e. The zero-order valence-corrected chi connectivity index (χ0v) is 16.9. The minimum atomic E-state index is -0.257. The summed E-state index contributed by atoms with van der Waals surface area (Å²) in [7, 11) is 1.49. The standard InChI is InChI=1S/C21H29N3O4/c1-4-15(2)14-23-8-7-17-20(21(26)22-13-16-6-5-11-28-16)18(27-3)12-19(25)24(17)10-9-23/h5-6,11-12,15H,4,7-10,13-14H2,1-3H3,(H,22,26).